The lowest BCUT2D eigenvalue weighted by molar-refractivity contribution is 0.158. The number of ether oxygens (including phenoxy) is 1. The van der Waals surface area contributed by atoms with Gasteiger partial charge in [-0.1, -0.05) is 103 Å². The van der Waals surface area contributed by atoms with Crippen molar-refractivity contribution in [2.45, 2.75) is 110 Å². The van der Waals surface area contributed by atoms with Gasteiger partial charge in [0.05, 0.1) is 6.61 Å². The summed E-state index contributed by atoms with van der Waals surface area (Å²) >= 11 is 0. The molecule has 0 aliphatic heterocycles. The molecule has 0 rings (SSSR count). The zero-order valence-electron chi connectivity index (χ0n) is 17.0. The van der Waals surface area contributed by atoms with E-state index in [-0.39, 0.29) is 6.61 Å². The van der Waals surface area contributed by atoms with E-state index in [1.807, 2.05) is 0 Å². The van der Waals surface area contributed by atoms with Crippen LogP contribution in [0.1, 0.15) is 110 Å². The Labute approximate surface area is 160 Å². The van der Waals surface area contributed by atoms with Crippen molar-refractivity contribution in [1.29, 1.82) is 0 Å². The highest BCUT2D eigenvalue weighted by atomic mass is 31.2. The van der Waals surface area contributed by atoms with E-state index >= 15 is 0 Å². The predicted molar refractivity (Wildman–Crippen MR) is 108 cm³/mol. The Morgan fingerprint density at radius 2 is 1.08 bits per heavy atom. The predicted octanol–water partition coefficient (Wildman–Crippen LogP) is 7.22. The van der Waals surface area contributed by atoms with Gasteiger partial charge in [-0.25, -0.2) is 9.36 Å². The van der Waals surface area contributed by atoms with Gasteiger partial charge >= 0.3 is 13.3 Å². The summed E-state index contributed by atoms with van der Waals surface area (Å²) in [4.78, 5) is 20.3. The minimum Gasteiger partial charge on any atom is -0.457 e. The van der Waals surface area contributed by atoms with E-state index in [9.17, 15) is 9.36 Å². The molecule has 1 atom stereocenters. The van der Waals surface area contributed by atoms with Gasteiger partial charge in [0, 0.05) is 7.11 Å². The fourth-order valence-corrected chi connectivity index (χ4v) is 3.37. The monoisotopic (exact) mass is 392 g/mol. The van der Waals surface area contributed by atoms with Gasteiger partial charge in [-0.05, 0) is 6.42 Å². The fraction of sp³-hybridized carbons (Fsp3) is 0.950. The van der Waals surface area contributed by atoms with Crippen LogP contribution in [0, 0.1) is 0 Å². The maximum absolute atomic E-state index is 11.2. The maximum Gasteiger partial charge on any atom is 0.435 e. The van der Waals surface area contributed by atoms with Crippen molar-refractivity contribution in [2.24, 2.45) is 0 Å². The SMILES string of the molecule is CCCCCCCCCCCCCCCCCCOC(=O)P(=O)(O)OC. The van der Waals surface area contributed by atoms with Gasteiger partial charge in [0.15, 0.2) is 0 Å². The Hall–Kier alpha value is -0.380. The minimum atomic E-state index is -4.22. The highest BCUT2D eigenvalue weighted by Crippen LogP contribution is 2.42. The summed E-state index contributed by atoms with van der Waals surface area (Å²) in [6.07, 6.45) is 20.5. The molecule has 0 saturated carbocycles. The van der Waals surface area contributed by atoms with Crippen molar-refractivity contribution in [3.63, 3.8) is 0 Å². The smallest absolute Gasteiger partial charge is 0.435 e. The number of hydrogen-bond acceptors (Lipinski definition) is 4. The van der Waals surface area contributed by atoms with E-state index in [0.717, 1.165) is 26.4 Å². The zero-order chi connectivity index (χ0) is 19.5. The van der Waals surface area contributed by atoms with Crippen LogP contribution in [0.3, 0.4) is 0 Å². The van der Waals surface area contributed by atoms with Crippen molar-refractivity contribution < 1.29 is 23.5 Å². The molecule has 0 aliphatic carbocycles. The van der Waals surface area contributed by atoms with Crippen LogP contribution in [-0.2, 0) is 13.8 Å². The van der Waals surface area contributed by atoms with Crippen LogP contribution in [0.4, 0.5) is 4.79 Å². The summed E-state index contributed by atoms with van der Waals surface area (Å²) < 4.78 is 20.1. The first-order valence-electron chi connectivity index (χ1n) is 10.6. The molecule has 0 amide bonds. The third-order valence-electron chi connectivity index (χ3n) is 4.70. The molecular formula is C20H41O5P. The third-order valence-corrected chi connectivity index (χ3v) is 5.79. The average Bonchev–Trinajstić information content (AvgIpc) is 2.64. The molecule has 0 heterocycles. The van der Waals surface area contributed by atoms with Gasteiger partial charge in [-0.15, -0.1) is 0 Å². The van der Waals surface area contributed by atoms with E-state index in [2.05, 4.69) is 11.4 Å². The number of rotatable bonds is 19. The summed E-state index contributed by atoms with van der Waals surface area (Å²) in [5, 5.41) is 0. The van der Waals surface area contributed by atoms with Crippen LogP contribution in [0.5, 0.6) is 0 Å². The van der Waals surface area contributed by atoms with Gasteiger partial charge in [0.2, 0.25) is 0 Å². The molecule has 0 fully saturated rings. The largest absolute Gasteiger partial charge is 0.457 e. The molecule has 0 bridgehead atoms. The van der Waals surface area contributed by atoms with E-state index in [0.29, 0.717) is 0 Å². The van der Waals surface area contributed by atoms with Crippen LogP contribution in [-0.4, -0.2) is 24.3 Å². The summed E-state index contributed by atoms with van der Waals surface area (Å²) in [5.41, 5.74) is -1.15. The van der Waals surface area contributed by atoms with Crippen molar-refractivity contribution in [1.82, 2.24) is 0 Å². The van der Waals surface area contributed by atoms with Crippen molar-refractivity contribution in [3.8, 4) is 0 Å². The molecule has 1 unspecified atom stereocenters. The number of hydrogen-bond donors (Lipinski definition) is 1. The first kappa shape index (κ1) is 25.6. The second kappa shape index (κ2) is 18.0. The van der Waals surface area contributed by atoms with Crippen molar-refractivity contribution in [2.75, 3.05) is 13.7 Å². The normalized spacial score (nSPS) is 13.5. The third kappa shape index (κ3) is 15.8. The Bertz CT molecular complexity index is 373. The molecule has 5 nitrogen and oxygen atoms in total. The summed E-state index contributed by atoms with van der Waals surface area (Å²) in [5.74, 6) is 0. The van der Waals surface area contributed by atoms with Gasteiger partial charge in [0.1, 0.15) is 0 Å². The molecule has 6 heteroatoms. The van der Waals surface area contributed by atoms with E-state index in [1.165, 1.54) is 83.5 Å². The van der Waals surface area contributed by atoms with E-state index in [1.54, 1.807) is 0 Å². The highest BCUT2D eigenvalue weighted by molar-refractivity contribution is 7.70. The molecule has 0 aromatic carbocycles. The molecule has 0 saturated heterocycles. The van der Waals surface area contributed by atoms with Gasteiger partial charge in [0.25, 0.3) is 0 Å². The van der Waals surface area contributed by atoms with Crippen LogP contribution in [0.15, 0.2) is 0 Å². The van der Waals surface area contributed by atoms with E-state index in [4.69, 9.17) is 9.63 Å². The van der Waals surface area contributed by atoms with Crippen molar-refractivity contribution >= 4 is 13.3 Å². The molecule has 0 aromatic heterocycles. The maximum atomic E-state index is 11.2. The molecule has 0 radical (unpaired) electrons. The number of carbonyl (C=O) groups excluding carboxylic acids is 1. The van der Waals surface area contributed by atoms with Crippen LogP contribution < -0.4 is 0 Å². The topological polar surface area (TPSA) is 72.8 Å². The number of unbranched alkanes of at least 4 members (excludes halogenated alkanes) is 15. The summed E-state index contributed by atoms with van der Waals surface area (Å²) in [6, 6.07) is 0. The summed E-state index contributed by atoms with van der Waals surface area (Å²) in [6.45, 7) is 2.45. The second-order valence-corrected chi connectivity index (χ2v) is 8.89. The fourth-order valence-electron chi connectivity index (χ4n) is 2.97. The quantitative estimate of drug-likeness (QED) is 0.186. The Kier molecular flexibility index (Phi) is 17.7. The van der Waals surface area contributed by atoms with Crippen molar-refractivity contribution in [3.05, 3.63) is 0 Å². The van der Waals surface area contributed by atoms with Gasteiger partial charge in [-0.2, -0.15) is 0 Å². The van der Waals surface area contributed by atoms with Gasteiger partial charge < -0.3 is 14.2 Å². The van der Waals surface area contributed by atoms with Crippen LogP contribution >= 0.6 is 7.60 Å². The van der Waals surface area contributed by atoms with Gasteiger partial charge in [-0.3, -0.25) is 0 Å². The average molecular weight is 393 g/mol. The van der Waals surface area contributed by atoms with E-state index < -0.39 is 13.3 Å². The molecular weight excluding hydrogens is 351 g/mol. The minimum absolute atomic E-state index is 0.186. The molecule has 0 spiro atoms. The summed E-state index contributed by atoms with van der Waals surface area (Å²) in [7, 11) is -3.19. The first-order chi connectivity index (χ1) is 12.5. The lowest BCUT2D eigenvalue weighted by Gasteiger charge is -2.08. The lowest BCUT2D eigenvalue weighted by atomic mass is 10.0. The molecule has 1 N–H and O–H groups in total. The molecule has 0 aliphatic rings. The molecule has 0 aromatic rings. The second-order valence-electron chi connectivity index (χ2n) is 7.12. The molecule has 156 valence electrons. The molecule has 26 heavy (non-hydrogen) atoms. The number of carbonyl (C=O) groups is 1. The Morgan fingerprint density at radius 1 is 0.731 bits per heavy atom. The standard InChI is InChI=1S/C20H41O5P/c1-3-4-5-6-7-8-9-10-11-12-13-14-15-16-17-18-19-25-20(21)26(22,23)24-2/h3-19H2,1-2H3,(H,22,23). The Balaban J connectivity index is 3.18. The van der Waals surface area contributed by atoms with Crippen LogP contribution in [0.2, 0.25) is 0 Å². The van der Waals surface area contributed by atoms with Crippen LogP contribution in [0.25, 0.3) is 0 Å². The lowest BCUT2D eigenvalue weighted by Crippen LogP contribution is -2.05. The highest BCUT2D eigenvalue weighted by Gasteiger charge is 2.30. The first-order valence-corrected chi connectivity index (χ1v) is 12.2. The Morgan fingerprint density at radius 3 is 1.42 bits per heavy atom. The zero-order valence-corrected chi connectivity index (χ0v) is 17.9.